The average Bonchev–Trinajstić information content (AvgIpc) is 2.97. The Bertz CT molecular complexity index is 507. The topological polar surface area (TPSA) is 42.7 Å². The molecule has 18 heavy (non-hydrogen) atoms. The fourth-order valence-electron chi connectivity index (χ4n) is 2.56. The molecule has 1 aliphatic heterocycles. The molecule has 4 nitrogen and oxygen atoms in total. The molecule has 0 saturated carbocycles. The van der Waals surface area contributed by atoms with Crippen molar-refractivity contribution < 1.29 is 0 Å². The molecule has 3 rings (SSSR count). The first-order valence-corrected chi connectivity index (χ1v) is 6.58. The maximum Gasteiger partial charge on any atom is 0.138 e. The Labute approximate surface area is 107 Å². The van der Waals surface area contributed by atoms with Gasteiger partial charge in [-0.2, -0.15) is 5.10 Å². The fourth-order valence-corrected chi connectivity index (χ4v) is 2.56. The highest BCUT2D eigenvalue weighted by atomic mass is 15.3. The lowest BCUT2D eigenvalue weighted by Gasteiger charge is -2.11. The molecule has 0 fully saturated rings. The Balaban J connectivity index is 1.70. The van der Waals surface area contributed by atoms with Crippen molar-refractivity contribution in [2.24, 2.45) is 0 Å². The van der Waals surface area contributed by atoms with E-state index in [0.29, 0.717) is 6.04 Å². The average molecular weight is 242 g/mol. The number of nitrogens with one attached hydrogen (secondary N) is 1. The quantitative estimate of drug-likeness (QED) is 0.894. The lowest BCUT2D eigenvalue weighted by Crippen LogP contribution is -2.21. The second-order valence-corrected chi connectivity index (χ2v) is 4.81. The molecule has 0 saturated heterocycles. The van der Waals surface area contributed by atoms with Crippen LogP contribution in [-0.4, -0.2) is 20.8 Å². The molecule has 1 aliphatic rings. The molecular weight excluding hydrogens is 224 g/mol. The van der Waals surface area contributed by atoms with Crippen LogP contribution < -0.4 is 5.32 Å². The van der Waals surface area contributed by atoms with E-state index in [1.807, 2.05) is 4.68 Å². The highest BCUT2D eigenvalue weighted by Gasteiger charge is 2.21. The molecule has 0 amide bonds. The van der Waals surface area contributed by atoms with Crippen LogP contribution in [0.15, 0.2) is 30.6 Å². The number of fused-ring (bicyclic) bond motifs is 1. The Morgan fingerprint density at radius 1 is 1.39 bits per heavy atom. The van der Waals surface area contributed by atoms with Crippen LogP contribution >= 0.6 is 0 Å². The van der Waals surface area contributed by atoms with Crippen molar-refractivity contribution in [3.05, 3.63) is 42.0 Å². The molecule has 2 aromatic rings. The zero-order valence-electron chi connectivity index (χ0n) is 10.6. The monoisotopic (exact) mass is 242 g/mol. The third kappa shape index (κ3) is 2.10. The largest absolute Gasteiger partial charge is 0.381 e. The molecule has 0 radical (unpaired) electrons. The van der Waals surface area contributed by atoms with Gasteiger partial charge in [0.2, 0.25) is 0 Å². The van der Waals surface area contributed by atoms with Crippen LogP contribution in [-0.2, 0) is 19.4 Å². The highest BCUT2D eigenvalue weighted by molar-refractivity contribution is 5.56. The van der Waals surface area contributed by atoms with E-state index in [0.717, 1.165) is 31.6 Å². The van der Waals surface area contributed by atoms with Crippen LogP contribution in [0.1, 0.15) is 24.7 Å². The van der Waals surface area contributed by atoms with Gasteiger partial charge in [0.1, 0.15) is 12.2 Å². The number of benzene rings is 1. The summed E-state index contributed by atoms with van der Waals surface area (Å²) in [5.41, 5.74) is 2.67. The summed E-state index contributed by atoms with van der Waals surface area (Å²) in [6.07, 6.45) is 4.77. The fraction of sp³-hybridized carbons (Fsp3) is 0.429. The Morgan fingerprint density at radius 2 is 2.28 bits per heavy atom. The third-order valence-electron chi connectivity index (χ3n) is 3.40. The van der Waals surface area contributed by atoms with Gasteiger partial charge in [-0.15, -0.1) is 0 Å². The van der Waals surface area contributed by atoms with Crippen molar-refractivity contribution >= 4 is 5.69 Å². The first kappa shape index (κ1) is 11.3. The summed E-state index contributed by atoms with van der Waals surface area (Å²) in [6, 6.07) is 8.96. The Morgan fingerprint density at radius 3 is 3.11 bits per heavy atom. The van der Waals surface area contributed by atoms with Gasteiger partial charge < -0.3 is 5.32 Å². The molecule has 2 heterocycles. The van der Waals surface area contributed by atoms with E-state index >= 15 is 0 Å². The summed E-state index contributed by atoms with van der Waals surface area (Å²) in [6.45, 7) is 3.12. The molecule has 0 bridgehead atoms. The Kier molecular flexibility index (Phi) is 3.00. The maximum absolute atomic E-state index is 4.37. The van der Waals surface area contributed by atoms with Gasteiger partial charge in [-0.25, -0.2) is 4.98 Å². The second-order valence-electron chi connectivity index (χ2n) is 4.81. The first-order chi connectivity index (χ1) is 8.86. The highest BCUT2D eigenvalue weighted by Crippen LogP contribution is 2.26. The lowest BCUT2D eigenvalue weighted by atomic mass is 10.1. The molecule has 94 valence electrons. The number of aromatic nitrogens is 3. The van der Waals surface area contributed by atoms with Gasteiger partial charge in [0.05, 0.1) is 0 Å². The summed E-state index contributed by atoms with van der Waals surface area (Å²) >= 11 is 0. The summed E-state index contributed by atoms with van der Waals surface area (Å²) in [7, 11) is 0. The number of hydrogen-bond acceptors (Lipinski definition) is 3. The molecular formula is C14H18N4. The van der Waals surface area contributed by atoms with E-state index in [9.17, 15) is 0 Å². The van der Waals surface area contributed by atoms with Crippen LogP contribution in [0.4, 0.5) is 5.69 Å². The number of para-hydroxylation sites is 1. The number of rotatable bonds is 4. The van der Waals surface area contributed by atoms with Gasteiger partial charge in [-0.1, -0.05) is 25.1 Å². The van der Waals surface area contributed by atoms with Crippen molar-refractivity contribution in [2.75, 3.05) is 5.32 Å². The molecule has 1 aromatic heterocycles. The predicted molar refractivity (Wildman–Crippen MR) is 71.6 cm³/mol. The summed E-state index contributed by atoms with van der Waals surface area (Å²) in [5.74, 6) is 1.09. The molecule has 4 heteroatoms. The minimum absolute atomic E-state index is 0.446. The molecule has 0 spiro atoms. The SMILES string of the molecule is CCCn1ncnc1CC1Cc2ccccc2N1. The van der Waals surface area contributed by atoms with Crippen LogP contribution in [0.2, 0.25) is 0 Å². The second kappa shape index (κ2) is 4.80. The van der Waals surface area contributed by atoms with Crippen molar-refractivity contribution in [2.45, 2.75) is 38.8 Å². The third-order valence-corrected chi connectivity index (χ3v) is 3.40. The Hall–Kier alpha value is -1.84. The van der Waals surface area contributed by atoms with Crippen molar-refractivity contribution in [3.8, 4) is 0 Å². The molecule has 1 atom stereocenters. The maximum atomic E-state index is 4.37. The van der Waals surface area contributed by atoms with E-state index in [2.05, 4.69) is 46.6 Å². The van der Waals surface area contributed by atoms with E-state index in [1.165, 1.54) is 11.3 Å². The van der Waals surface area contributed by atoms with Crippen molar-refractivity contribution in [1.29, 1.82) is 0 Å². The van der Waals surface area contributed by atoms with E-state index < -0.39 is 0 Å². The normalized spacial score (nSPS) is 17.5. The van der Waals surface area contributed by atoms with Gasteiger partial charge in [-0.3, -0.25) is 4.68 Å². The van der Waals surface area contributed by atoms with Crippen molar-refractivity contribution in [1.82, 2.24) is 14.8 Å². The number of hydrogen-bond donors (Lipinski definition) is 1. The van der Waals surface area contributed by atoms with E-state index in [4.69, 9.17) is 0 Å². The summed E-state index contributed by atoms with van der Waals surface area (Å²) < 4.78 is 2.02. The van der Waals surface area contributed by atoms with Crippen LogP contribution in [0, 0.1) is 0 Å². The smallest absolute Gasteiger partial charge is 0.138 e. The first-order valence-electron chi connectivity index (χ1n) is 6.58. The van der Waals surface area contributed by atoms with Crippen LogP contribution in [0.25, 0.3) is 0 Å². The predicted octanol–water partition coefficient (Wildman–Crippen LogP) is 2.27. The van der Waals surface area contributed by atoms with Crippen molar-refractivity contribution in [3.63, 3.8) is 0 Å². The number of aryl methyl sites for hydroxylation is 1. The lowest BCUT2D eigenvalue weighted by molar-refractivity contribution is 0.553. The minimum atomic E-state index is 0.446. The van der Waals surface area contributed by atoms with E-state index in [1.54, 1.807) is 6.33 Å². The number of anilines is 1. The van der Waals surface area contributed by atoms with Gasteiger partial charge in [0.25, 0.3) is 0 Å². The zero-order chi connectivity index (χ0) is 12.4. The summed E-state index contributed by atoms with van der Waals surface area (Å²) in [5, 5.41) is 7.84. The molecule has 1 N–H and O–H groups in total. The van der Waals surface area contributed by atoms with Gasteiger partial charge >= 0.3 is 0 Å². The standard InChI is InChI=1S/C14H18N4/c1-2-7-18-14(15-10-16-18)9-12-8-11-5-3-4-6-13(11)17-12/h3-6,10,12,17H,2,7-9H2,1H3. The zero-order valence-corrected chi connectivity index (χ0v) is 10.6. The van der Waals surface area contributed by atoms with Gasteiger partial charge in [-0.05, 0) is 24.5 Å². The molecule has 1 unspecified atom stereocenters. The summed E-state index contributed by atoms with van der Waals surface area (Å²) in [4.78, 5) is 4.37. The molecule has 0 aliphatic carbocycles. The van der Waals surface area contributed by atoms with Gasteiger partial charge in [0.15, 0.2) is 0 Å². The van der Waals surface area contributed by atoms with Crippen LogP contribution in [0.5, 0.6) is 0 Å². The minimum Gasteiger partial charge on any atom is -0.381 e. The van der Waals surface area contributed by atoms with Gasteiger partial charge in [0, 0.05) is 24.7 Å². The van der Waals surface area contributed by atoms with Crippen LogP contribution in [0.3, 0.4) is 0 Å². The number of nitrogens with zero attached hydrogens (tertiary/aromatic N) is 3. The van der Waals surface area contributed by atoms with E-state index in [-0.39, 0.29) is 0 Å². The molecule has 1 aromatic carbocycles.